The van der Waals surface area contributed by atoms with Gasteiger partial charge in [-0.3, -0.25) is 13.8 Å². The SMILES string of the molecule is CCOC(=O)C(CCc1ccccc1)S(=O)C(C)C(=O)N1C2CCCCC2C[C@H]1C(=O)O. The predicted molar refractivity (Wildman–Crippen MR) is 121 cm³/mol. The quantitative estimate of drug-likeness (QED) is 0.565. The minimum atomic E-state index is -1.83. The van der Waals surface area contributed by atoms with Crippen molar-refractivity contribution in [1.29, 1.82) is 0 Å². The Hall–Kier alpha value is -2.22. The summed E-state index contributed by atoms with van der Waals surface area (Å²) in [5.41, 5.74) is 1.01. The van der Waals surface area contributed by atoms with E-state index in [9.17, 15) is 23.7 Å². The second-order valence-corrected chi connectivity index (χ2v) is 10.6. The highest BCUT2D eigenvalue weighted by Gasteiger charge is 2.49. The monoisotopic (exact) mass is 463 g/mol. The zero-order valence-electron chi connectivity index (χ0n) is 18.8. The highest BCUT2D eigenvalue weighted by Crippen LogP contribution is 2.40. The number of nitrogens with zero attached hydrogens (tertiary/aromatic N) is 1. The van der Waals surface area contributed by atoms with Crippen molar-refractivity contribution in [3.05, 3.63) is 35.9 Å². The summed E-state index contributed by atoms with van der Waals surface area (Å²) in [6.07, 6.45) is 4.96. The highest BCUT2D eigenvalue weighted by atomic mass is 32.2. The summed E-state index contributed by atoms with van der Waals surface area (Å²) in [5, 5.41) is 7.81. The van der Waals surface area contributed by atoms with Crippen LogP contribution >= 0.6 is 0 Å². The Morgan fingerprint density at radius 3 is 2.53 bits per heavy atom. The zero-order chi connectivity index (χ0) is 23.3. The normalized spacial score (nSPS) is 25.4. The number of fused-ring (bicyclic) bond motifs is 1. The first kappa shape index (κ1) is 24.4. The van der Waals surface area contributed by atoms with Crippen molar-refractivity contribution in [2.45, 2.75) is 81.4 Å². The predicted octanol–water partition coefficient (Wildman–Crippen LogP) is 2.93. The van der Waals surface area contributed by atoms with E-state index in [2.05, 4.69) is 0 Å². The van der Waals surface area contributed by atoms with Gasteiger partial charge in [0.15, 0.2) is 0 Å². The molecule has 5 unspecified atom stereocenters. The van der Waals surface area contributed by atoms with Gasteiger partial charge >= 0.3 is 11.9 Å². The van der Waals surface area contributed by atoms with Gasteiger partial charge in [-0.2, -0.15) is 0 Å². The third kappa shape index (κ3) is 5.39. The summed E-state index contributed by atoms with van der Waals surface area (Å²) in [6.45, 7) is 3.40. The van der Waals surface area contributed by atoms with Gasteiger partial charge in [-0.15, -0.1) is 0 Å². The number of rotatable bonds is 9. The Morgan fingerprint density at radius 1 is 1.19 bits per heavy atom. The lowest BCUT2D eigenvalue weighted by molar-refractivity contribution is -0.149. The summed E-state index contributed by atoms with van der Waals surface area (Å²) in [6, 6.07) is 8.56. The number of hydrogen-bond acceptors (Lipinski definition) is 5. The lowest BCUT2D eigenvalue weighted by Crippen LogP contribution is -2.51. The van der Waals surface area contributed by atoms with Crippen LogP contribution in [-0.2, 0) is 36.3 Å². The van der Waals surface area contributed by atoms with E-state index in [4.69, 9.17) is 4.74 Å². The molecular formula is C24H33NO6S. The molecule has 1 amide bonds. The molecule has 0 radical (unpaired) electrons. The second kappa shape index (κ2) is 11.1. The topological polar surface area (TPSA) is 101 Å². The lowest BCUT2D eigenvalue weighted by Gasteiger charge is -2.34. The first-order chi connectivity index (χ1) is 15.3. The van der Waals surface area contributed by atoms with E-state index in [0.29, 0.717) is 19.3 Å². The number of aryl methyl sites for hydroxylation is 1. The van der Waals surface area contributed by atoms with Gasteiger partial charge in [-0.25, -0.2) is 4.79 Å². The average molecular weight is 464 g/mol. The third-order valence-electron chi connectivity index (χ3n) is 6.69. The fraction of sp³-hybridized carbons (Fsp3) is 0.625. The molecule has 32 heavy (non-hydrogen) atoms. The van der Waals surface area contributed by atoms with Crippen LogP contribution in [0.15, 0.2) is 30.3 Å². The van der Waals surface area contributed by atoms with Gasteiger partial charge < -0.3 is 14.7 Å². The third-order valence-corrected chi connectivity index (χ3v) is 8.58. The highest BCUT2D eigenvalue weighted by molar-refractivity contribution is 7.87. The minimum Gasteiger partial charge on any atom is -0.480 e. The molecule has 176 valence electrons. The van der Waals surface area contributed by atoms with Crippen molar-refractivity contribution in [3.63, 3.8) is 0 Å². The molecule has 1 aromatic carbocycles. The number of benzene rings is 1. The van der Waals surface area contributed by atoms with Crippen molar-refractivity contribution in [1.82, 2.24) is 4.90 Å². The van der Waals surface area contributed by atoms with E-state index in [1.807, 2.05) is 30.3 Å². The van der Waals surface area contributed by atoms with E-state index in [1.54, 1.807) is 13.8 Å². The van der Waals surface area contributed by atoms with Crippen molar-refractivity contribution < 1.29 is 28.4 Å². The van der Waals surface area contributed by atoms with Crippen LogP contribution in [0, 0.1) is 5.92 Å². The number of carboxylic acids is 1. The van der Waals surface area contributed by atoms with Gasteiger partial charge in [0.2, 0.25) is 5.91 Å². The number of carbonyl (C=O) groups is 3. The molecule has 1 aliphatic heterocycles. The number of carbonyl (C=O) groups excluding carboxylic acids is 2. The maximum Gasteiger partial charge on any atom is 0.326 e. The molecule has 0 aromatic heterocycles. The summed E-state index contributed by atoms with van der Waals surface area (Å²) in [4.78, 5) is 39.4. The van der Waals surface area contributed by atoms with E-state index < -0.39 is 45.2 Å². The van der Waals surface area contributed by atoms with Crippen molar-refractivity contribution in [2.24, 2.45) is 5.92 Å². The molecule has 1 saturated carbocycles. The molecule has 1 aliphatic carbocycles. The van der Waals surface area contributed by atoms with Gasteiger partial charge in [0, 0.05) is 16.8 Å². The Morgan fingerprint density at radius 2 is 1.88 bits per heavy atom. The van der Waals surface area contributed by atoms with Gasteiger partial charge in [0.1, 0.15) is 16.5 Å². The van der Waals surface area contributed by atoms with E-state index in [0.717, 1.165) is 31.2 Å². The average Bonchev–Trinajstić information content (AvgIpc) is 3.19. The molecule has 3 rings (SSSR count). The molecule has 8 heteroatoms. The van der Waals surface area contributed by atoms with Gasteiger partial charge in [0.25, 0.3) is 0 Å². The number of hydrogen-bond donors (Lipinski definition) is 1. The van der Waals surface area contributed by atoms with E-state index >= 15 is 0 Å². The molecule has 2 aliphatic rings. The van der Waals surface area contributed by atoms with Crippen LogP contribution in [0.4, 0.5) is 0 Å². The molecular weight excluding hydrogens is 430 g/mol. The Labute approximate surface area is 192 Å². The maximum atomic E-state index is 13.4. The Kier molecular flexibility index (Phi) is 8.45. The summed E-state index contributed by atoms with van der Waals surface area (Å²) in [7, 11) is -1.83. The largest absolute Gasteiger partial charge is 0.480 e. The zero-order valence-corrected chi connectivity index (χ0v) is 19.6. The van der Waals surface area contributed by atoms with Crippen LogP contribution in [0.1, 0.15) is 57.9 Å². The summed E-state index contributed by atoms with van der Waals surface area (Å²) < 4.78 is 18.6. The van der Waals surface area contributed by atoms with Gasteiger partial charge in [0.05, 0.1) is 6.61 Å². The molecule has 1 saturated heterocycles. The van der Waals surface area contributed by atoms with E-state index in [1.165, 1.54) is 4.90 Å². The van der Waals surface area contributed by atoms with Crippen molar-refractivity contribution >= 4 is 28.6 Å². The summed E-state index contributed by atoms with van der Waals surface area (Å²) in [5.74, 6) is -1.85. The number of ether oxygens (including phenoxy) is 1. The molecule has 2 fully saturated rings. The Balaban J connectivity index is 1.77. The fourth-order valence-electron chi connectivity index (χ4n) is 5.06. The van der Waals surface area contributed by atoms with Crippen LogP contribution in [0.3, 0.4) is 0 Å². The molecule has 7 nitrogen and oxygen atoms in total. The maximum absolute atomic E-state index is 13.4. The number of esters is 1. The second-order valence-electron chi connectivity index (χ2n) is 8.68. The van der Waals surface area contributed by atoms with Crippen LogP contribution in [0.25, 0.3) is 0 Å². The number of carboxylic acid groups (broad SMARTS) is 1. The molecule has 1 heterocycles. The smallest absolute Gasteiger partial charge is 0.326 e. The van der Waals surface area contributed by atoms with Crippen LogP contribution in [-0.4, -0.2) is 61.3 Å². The summed E-state index contributed by atoms with van der Waals surface area (Å²) >= 11 is 0. The Bertz CT molecular complexity index is 844. The molecule has 1 N–H and O–H groups in total. The minimum absolute atomic E-state index is 0.123. The van der Waals surface area contributed by atoms with E-state index in [-0.39, 0.29) is 18.6 Å². The standard InChI is InChI=1S/C24H33NO6S/c1-3-31-24(29)21(14-13-17-9-5-4-6-10-17)32(30)16(2)22(26)25-19-12-8-7-11-18(19)15-20(25)23(27)28/h4-6,9-10,16,18-21H,3,7-8,11-15H2,1-2H3,(H,27,28)/t16?,18?,19?,20-,21?,32?/m0/s1. The van der Waals surface area contributed by atoms with Crippen LogP contribution < -0.4 is 0 Å². The van der Waals surface area contributed by atoms with Crippen LogP contribution in [0.5, 0.6) is 0 Å². The van der Waals surface area contributed by atoms with Gasteiger partial charge in [-0.1, -0.05) is 43.2 Å². The molecule has 6 atom stereocenters. The molecule has 0 bridgehead atoms. The first-order valence-corrected chi connectivity index (χ1v) is 12.8. The van der Waals surface area contributed by atoms with Gasteiger partial charge in [-0.05, 0) is 57.4 Å². The first-order valence-electron chi connectivity index (χ1n) is 11.5. The number of amides is 1. The molecule has 1 aromatic rings. The fourth-order valence-corrected chi connectivity index (χ4v) is 6.48. The lowest BCUT2D eigenvalue weighted by atomic mass is 9.84. The number of likely N-dealkylation sites (tertiary alicyclic amines) is 1. The molecule has 0 spiro atoms. The number of aliphatic carboxylic acids is 1. The van der Waals surface area contributed by atoms with Crippen molar-refractivity contribution in [3.8, 4) is 0 Å². The van der Waals surface area contributed by atoms with Crippen molar-refractivity contribution in [2.75, 3.05) is 6.61 Å². The van der Waals surface area contributed by atoms with Crippen LogP contribution in [0.2, 0.25) is 0 Å².